The highest BCUT2D eigenvalue weighted by Gasteiger charge is 2.24. The van der Waals surface area contributed by atoms with Crippen LogP contribution >= 0.6 is 0 Å². The smallest absolute Gasteiger partial charge is 0.271 e. The first-order valence-electron chi connectivity index (χ1n) is 8.24. The van der Waals surface area contributed by atoms with Gasteiger partial charge in [0.05, 0.1) is 24.0 Å². The number of nitro benzene ring substituents is 1. The molecule has 0 fully saturated rings. The molecular formula is C18H21N3O6S. The van der Waals surface area contributed by atoms with E-state index >= 15 is 0 Å². The average molecular weight is 407 g/mol. The van der Waals surface area contributed by atoms with Crippen molar-refractivity contribution in [2.75, 3.05) is 24.2 Å². The molecule has 0 atom stereocenters. The molecule has 0 saturated heterocycles. The molecule has 9 nitrogen and oxygen atoms in total. The number of methoxy groups -OCH3 is 1. The summed E-state index contributed by atoms with van der Waals surface area (Å²) in [6, 6.07) is 11.0. The van der Waals surface area contributed by atoms with Crippen LogP contribution in [0.3, 0.4) is 0 Å². The van der Waals surface area contributed by atoms with Crippen LogP contribution in [0.15, 0.2) is 42.5 Å². The molecule has 10 heteroatoms. The Bertz CT molecular complexity index is 991. The topological polar surface area (TPSA) is 119 Å². The molecule has 0 radical (unpaired) electrons. The predicted octanol–water partition coefficient (Wildman–Crippen LogP) is 1.99. The second-order valence-corrected chi connectivity index (χ2v) is 8.03. The zero-order valence-electron chi connectivity index (χ0n) is 15.7. The molecule has 0 bridgehead atoms. The number of nitro groups is 1. The fourth-order valence-corrected chi connectivity index (χ4v) is 3.44. The van der Waals surface area contributed by atoms with E-state index in [-0.39, 0.29) is 17.9 Å². The first kappa shape index (κ1) is 21.2. The summed E-state index contributed by atoms with van der Waals surface area (Å²) in [6.07, 6.45) is 0.945. The van der Waals surface area contributed by atoms with Crippen molar-refractivity contribution in [2.45, 2.75) is 13.5 Å². The third kappa shape index (κ3) is 5.43. The van der Waals surface area contributed by atoms with Gasteiger partial charge in [-0.25, -0.2) is 8.42 Å². The predicted molar refractivity (Wildman–Crippen MR) is 105 cm³/mol. The van der Waals surface area contributed by atoms with Crippen LogP contribution in [0.2, 0.25) is 0 Å². The minimum absolute atomic E-state index is 0.0910. The van der Waals surface area contributed by atoms with Gasteiger partial charge in [-0.1, -0.05) is 18.2 Å². The number of rotatable bonds is 8. The standard InChI is InChI=1S/C18H21N3O6S/c1-13-7-8-15(21(23)24)10-17(13)20(28(3,25)26)12-18(22)19-11-14-5-4-6-16(9-14)27-2/h4-10H,11-12H2,1-3H3,(H,19,22). The normalized spacial score (nSPS) is 11.0. The Kier molecular flexibility index (Phi) is 6.57. The highest BCUT2D eigenvalue weighted by Crippen LogP contribution is 2.27. The van der Waals surface area contributed by atoms with Gasteiger partial charge in [-0.05, 0) is 30.2 Å². The molecule has 0 saturated carbocycles. The molecule has 0 aliphatic heterocycles. The van der Waals surface area contributed by atoms with Crippen LogP contribution in [0.25, 0.3) is 0 Å². The number of sulfonamides is 1. The van der Waals surface area contributed by atoms with Crippen LogP contribution in [0.4, 0.5) is 11.4 Å². The van der Waals surface area contributed by atoms with E-state index in [1.165, 1.54) is 19.2 Å². The second kappa shape index (κ2) is 8.70. The number of non-ortho nitro benzene ring substituents is 1. The summed E-state index contributed by atoms with van der Waals surface area (Å²) >= 11 is 0. The van der Waals surface area contributed by atoms with Crippen molar-refractivity contribution < 1.29 is 22.9 Å². The second-order valence-electron chi connectivity index (χ2n) is 6.13. The molecule has 0 unspecified atom stereocenters. The SMILES string of the molecule is COc1cccc(CNC(=O)CN(c2cc([N+](=O)[O-])ccc2C)S(C)(=O)=O)c1. The molecule has 0 aliphatic rings. The summed E-state index contributed by atoms with van der Waals surface area (Å²) in [5, 5.41) is 13.7. The summed E-state index contributed by atoms with van der Waals surface area (Å²) in [5.41, 5.74) is 1.11. The average Bonchev–Trinajstić information content (AvgIpc) is 2.64. The Morgan fingerprint density at radius 1 is 1.25 bits per heavy atom. The first-order chi connectivity index (χ1) is 13.1. The fourth-order valence-electron chi connectivity index (χ4n) is 2.53. The molecule has 2 rings (SSSR count). The Morgan fingerprint density at radius 2 is 1.96 bits per heavy atom. The van der Waals surface area contributed by atoms with E-state index in [0.29, 0.717) is 11.3 Å². The lowest BCUT2D eigenvalue weighted by Crippen LogP contribution is -2.40. The number of carbonyl (C=O) groups is 1. The Labute approximate surface area is 163 Å². The summed E-state index contributed by atoms with van der Waals surface area (Å²) < 4.78 is 30.4. The van der Waals surface area contributed by atoms with Crippen molar-refractivity contribution >= 4 is 27.3 Å². The van der Waals surface area contributed by atoms with Crippen molar-refractivity contribution in [3.05, 3.63) is 63.7 Å². The van der Waals surface area contributed by atoms with Gasteiger partial charge in [-0.3, -0.25) is 19.2 Å². The minimum atomic E-state index is -3.84. The van der Waals surface area contributed by atoms with Gasteiger partial charge in [-0.15, -0.1) is 0 Å². The van der Waals surface area contributed by atoms with E-state index in [0.717, 1.165) is 22.2 Å². The number of ether oxygens (including phenoxy) is 1. The van der Waals surface area contributed by atoms with Gasteiger partial charge in [0, 0.05) is 18.7 Å². The van der Waals surface area contributed by atoms with Crippen LogP contribution in [0.1, 0.15) is 11.1 Å². The quantitative estimate of drug-likeness (QED) is 0.528. The zero-order chi connectivity index (χ0) is 20.9. The van der Waals surface area contributed by atoms with Crippen molar-refractivity contribution in [1.29, 1.82) is 0 Å². The monoisotopic (exact) mass is 407 g/mol. The number of aryl methyl sites for hydroxylation is 1. The maximum absolute atomic E-state index is 12.3. The van der Waals surface area contributed by atoms with Gasteiger partial charge in [0.2, 0.25) is 15.9 Å². The van der Waals surface area contributed by atoms with E-state index < -0.39 is 27.4 Å². The molecule has 150 valence electrons. The number of carbonyl (C=O) groups excluding carboxylic acids is 1. The number of benzene rings is 2. The maximum atomic E-state index is 12.3. The van der Waals surface area contributed by atoms with Gasteiger partial charge >= 0.3 is 0 Å². The third-order valence-corrected chi connectivity index (χ3v) is 5.11. The van der Waals surface area contributed by atoms with Gasteiger partial charge in [0.15, 0.2) is 0 Å². The lowest BCUT2D eigenvalue weighted by atomic mass is 10.2. The molecule has 1 amide bonds. The molecule has 2 aromatic carbocycles. The maximum Gasteiger partial charge on any atom is 0.271 e. The Hall–Kier alpha value is -3.14. The highest BCUT2D eigenvalue weighted by atomic mass is 32.2. The van der Waals surface area contributed by atoms with E-state index in [1.807, 2.05) is 0 Å². The number of hydrogen-bond donors (Lipinski definition) is 1. The van der Waals surface area contributed by atoms with Gasteiger partial charge in [0.1, 0.15) is 12.3 Å². The minimum Gasteiger partial charge on any atom is -0.497 e. The molecule has 0 aromatic heterocycles. The highest BCUT2D eigenvalue weighted by molar-refractivity contribution is 7.92. The van der Waals surface area contributed by atoms with E-state index in [9.17, 15) is 23.3 Å². The molecule has 1 N–H and O–H groups in total. The number of hydrogen-bond acceptors (Lipinski definition) is 6. The van der Waals surface area contributed by atoms with Crippen LogP contribution in [-0.2, 0) is 21.4 Å². The fraction of sp³-hybridized carbons (Fsp3) is 0.278. The van der Waals surface area contributed by atoms with Crippen molar-refractivity contribution in [3.63, 3.8) is 0 Å². The van der Waals surface area contributed by atoms with Crippen molar-refractivity contribution in [3.8, 4) is 5.75 Å². The number of nitrogens with one attached hydrogen (secondary N) is 1. The lowest BCUT2D eigenvalue weighted by Gasteiger charge is -2.23. The molecule has 28 heavy (non-hydrogen) atoms. The van der Waals surface area contributed by atoms with Gasteiger partial charge < -0.3 is 10.1 Å². The summed E-state index contributed by atoms with van der Waals surface area (Å²) in [4.78, 5) is 22.7. The summed E-state index contributed by atoms with van der Waals surface area (Å²) in [6.45, 7) is 1.30. The Balaban J connectivity index is 2.20. The van der Waals surface area contributed by atoms with E-state index in [1.54, 1.807) is 31.2 Å². The first-order valence-corrected chi connectivity index (χ1v) is 10.1. The van der Waals surface area contributed by atoms with Crippen LogP contribution < -0.4 is 14.4 Å². The Morgan fingerprint density at radius 3 is 2.57 bits per heavy atom. The number of amides is 1. The van der Waals surface area contributed by atoms with Crippen LogP contribution in [-0.4, -0.2) is 39.2 Å². The zero-order valence-corrected chi connectivity index (χ0v) is 16.5. The lowest BCUT2D eigenvalue weighted by molar-refractivity contribution is -0.384. The number of anilines is 1. The number of nitrogens with zero attached hydrogens (tertiary/aromatic N) is 2. The summed E-state index contributed by atoms with van der Waals surface area (Å²) in [5.74, 6) is 0.0934. The van der Waals surface area contributed by atoms with E-state index in [2.05, 4.69) is 5.32 Å². The third-order valence-electron chi connectivity index (χ3n) is 3.98. The van der Waals surface area contributed by atoms with Crippen LogP contribution in [0, 0.1) is 17.0 Å². The van der Waals surface area contributed by atoms with E-state index in [4.69, 9.17) is 4.74 Å². The summed E-state index contributed by atoms with van der Waals surface area (Å²) in [7, 11) is -2.31. The van der Waals surface area contributed by atoms with Crippen LogP contribution in [0.5, 0.6) is 5.75 Å². The molecule has 2 aromatic rings. The molecule has 0 heterocycles. The van der Waals surface area contributed by atoms with Crippen molar-refractivity contribution in [1.82, 2.24) is 5.32 Å². The largest absolute Gasteiger partial charge is 0.497 e. The molecule has 0 spiro atoms. The van der Waals surface area contributed by atoms with Gasteiger partial charge in [0.25, 0.3) is 5.69 Å². The molecular weight excluding hydrogens is 386 g/mol. The van der Waals surface area contributed by atoms with Gasteiger partial charge in [-0.2, -0.15) is 0 Å². The van der Waals surface area contributed by atoms with Crippen molar-refractivity contribution in [2.24, 2.45) is 0 Å². The molecule has 0 aliphatic carbocycles.